The van der Waals surface area contributed by atoms with Gasteiger partial charge in [-0.2, -0.15) is 0 Å². The lowest BCUT2D eigenvalue weighted by atomic mass is 9.90. The number of alkyl carbamates (subject to hydrolysis) is 1. The van der Waals surface area contributed by atoms with Gasteiger partial charge in [0, 0.05) is 38.1 Å². The highest BCUT2D eigenvalue weighted by atomic mass is 35.5. The molecule has 1 aromatic heterocycles. The fourth-order valence-electron chi connectivity index (χ4n) is 6.75. The summed E-state index contributed by atoms with van der Waals surface area (Å²) >= 11 is 6.74. The Labute approximate surface area is 305 Å². The predicted molar refractivity (Wildman–Crippen MR) is 194 cm³/mol. The number of benzene rings is 2. The Hall–Kier alpha value is -4.89. The summed E-state index contributed by atoms with van der Waals surface area (Å²) < 4.78 is 28.8. The molecule has 6 rings (SSSR count). The number of nitrogens with zero attached hydrogens (tertiary/aromatic N) is 2. The maximum atomic E-state index is 14.0. The van der Waals surface area contributed by atoms with Crippen LogP contribution in [-0.2, 0) is 30.2 Å². The highest BCUT2D eigenvalue weighted by molar-refractivity contribution is 6.35. The summed E-state index contributed by atoms with van der Waals surface area (Å²) in [4.78, 5) is 45.9. The SMILES string of the molecule is COc1cc2cc(c1Cl)N(C)C(=O)C[C@H](OC(=O)Nc1ccc3nc(N)ccc3c1)[C@]1(C)O[C@H]1C[C@@H]1C[C@@](O)(NC(=O)O1)[C@H](OC)/C=C/C=C(\C)C2. The van der Waals surface area contributed by atoms with Gasteiger partial charge in [-0.3, -0.25) is 15.4 Å². The number of methoxy groups -OCH3 is 2. The van der Waals surface area contributed by atoms with Crippen molar-refractivity contribution in [2.45, 2.75) is 75.3 Å². The van der Waals surface area contributed by atoms with Crippen molar-refractivity contribution < 1.29 is 43.2 Å². The Bertz CT molecular complexity index is 1960. The summed E-state index contributed by atoms with van der Waals surface area (Å²) in [6, 6.07) is 12.1. The van der Waals surface area contributed by atoms with Crippen LogP contribution < -0.4 is 26.0 Å². The van der Waals surface area contributed by atoms with E-state index in [9.17, 15) is 19.5 Å². The van der Waals surface area contributed by atoms with Gasteiger partial charge in [-0.1, -0.05) is 35.4 Å². The van der Waals surface area contributed by atoms with Crippen LogP contribution in [0.2, 0.25) is 5.02 Å². The second-order valence-corrected chi connectivity index (χ2v) is 13.9. The number of aromatic nitrogens is 1. The molecular weight excluding hydrogens is 694 g/mol. The van der Waals surface area contributed by atoms with E-state index in [1.54, 1.807) is 68.6 Å². The molecule has 0 aliphatic carbocycles. The van der Waals surface area contributed by atoms with Gasteiger partial charge in [0.1, 0.15) is 40.5 Å². The molecule has 3 aliphatic heterocycles. The Kier molecular flexibility index (Phi) is 10.4. The first-order valence-corrected chi connectivity index (χ1v) is 17.1. The van der Waals surface area contributed by atoms with Crippen molar-refractivity contribution >= 4 is 57.8 Å². The van der Waals surface area contributed by atoms with Crippen molar-refractivity contribution in [3.05, 3.63) is 76.9 Å². The third-order valence-corrected chi connectivity index (χ3v) is 10.1. The topological polar surface area (TPSA) is 187 Å². The van der Waals surface area contributed by atoms with Crippen LogP contribution in [0.25, 0.3) is 10.9 Å². The van der Waals surface area contributed by atoms with Crippen molar-refractivity contribution in [2.75, 3.05) is 37.2 Å². The van der Waals surface area contributed by atoms with Gasteiger partial charge in [-0.05, 0) is 68.3 Å². The number of halogens is 1. The molecule has 276 valence electrons. The summed E-state index contributed by atoms with van der Waals surface area (Å²) in [6.07, 6.45) is 0.487. The minimum absolute atomic E-state index is 0.0273. The number of hydrogen-bond donors (Lipinski definition) is 4. The second-order valence-electron chi connectivity index (χ2n) is 13.5. The largest absolute Gasteiger partial charge is 0.495 e. The number of hydrogen-bond acceptors (Lipinski definition) is 11. The van der Waals surface area contributed by atoms with Crippen molar-refractivity contribution in [2.24, 2.45) is 0 Å². The van der Waals surface area contributed by atoms with Crippen LogP contribution in [0.5, 0.6) is 5.75 Å². The predicted octanol–water partition coefficient (Wildman–Crippen LogP) is 5.26. The normalized spacial score (nSPS) is 29.5. The van der Waals surface area contributed by atoms with Gasteiger partial charge in [-0.25, -0.2) is 14.6 Å². The van der Waals surface area contributed by atoms with Gasteiger partial charge in [0.15, 0.2) is 5.72 Å². The number of carbonyl (C=O) groups is 3. The fourth-order valence-corrected chi connectivity index (χ4v) is 7.06. The van der Waals surface area contributed by atoms with Crippen LogP contribution in [0.1, 0.15) is 38.7 Å². The number of ether oxygens (including phenoxy) is 5. The molecule has 14 nitrogen and oxygen atoms in total. The smallest absolute Gasteiger partial charge is 0.412 e. The van der Waals surface area contributed by atoms with E-state index >= 15 is 0 Å². The van der Waals surface area contributed by atoms with Crippen molar-refractivity contribution in [1.82, 2.24) is 10.3 Å². The molecule has 3 amide bonds. The number of fused-ring (bicyclic) bond motifs is 6. The molecule has 15 heteroatoms. The molecule has 0 radical (unpaired) electrons. The molecular formula is C37H42ClN5O9. The maximum Gasteiger partial charge on any atom is 0.412 e. The molecule has 2 aromatic carbocycles. The number of rotatable bonds is 4. The van der Waals surface area contributed by atoms with E-state index < -0.39 is 53.8 Å². The molecule has 6 atom stereocenters. The first-order valence-electron chi connectivity index (χ1n) is 16.7. The zero-order chi connectivity index (χ0) is 37.4. The fraction of sp³-hybridized carbons (Fsp3) is 0.405. The lowest BCUT2D eigenvalue weighted by Crippen LogP contribution is -2.62. The van der Waals surface area contributed by atoms with Crippen LogP contribution in [0.4, 0.5) is 26.8 Å². The first-order chi connectivity index (χ1) is 24.7. The number of aliphatic hydroxyl groups is 1. The summed E-state index contributed by atoms with van der Waals surface area (Å²) in [6.45, 7) is 3.65. The average Bonchev–Trinajstić information content (AvgIpc) is 3.75. The van der Waals surface area contributed by atoms with Gasteiger partial charge in [0.05, 0.1) is 30.8 Å². The van der Waals surface area contributed by atoms with Crippen molar-refractivity contribution in [3.63, 3.8) is 0 Å². The lowest BCUT2D eigenvalue weighted by molar-refractivity contribution is -0.135. The summed E-state index contributed by atoms with van der Waals surface area (Å²) in [5.74, 6) is 0.335. The Morgan fingerprint density at radius 1 is 1.19 bits per heavy atom. The van der Waals surface area contributed by atoms with Crippen LogP contribution in [-0.4, -0.2) is 85.2 Å². The van der Waals surface area contributed by atoms with E-state index in [2.05, 4.69) is 15.6 Å². The second kappa shape index (κ2) is 14.6. The van der Waals surface area contributed by atoms with Gasteiger partial charge >= 0.3 is 12.2 Å². The number of pyridine rings is 1. The Morgan fingerprint density at radius 3 is 2.73 bits per heavy atom. The number of nitrogens with two attached hydrogens (primary N) is 1. The van der Waals surface area contributed by atoms with Crippen LogP contribution in [0.15, 0.2) is 66.3 Å². The standard InChI is InChI=1S/C37H42ClN5O9/c1-20-7-6-8-28(49-5)37(47)19-24(50-35(46)42-37)17-30-36(2,52-30)29(18-32(44)43(3)26-14-21(13-20)15-27(48-4)33(26)38)51-34(45)40-23-10-11-25-22(16-23)9-12-31(39)41-25/h6-12,14-16,24,28-30,47H,13,17-19H2,1-5H3,(H2,39,41)(H,40,45)(H,42,46)/b8-6+,20-7+/t24-,28-,29+,30+,36+,37+/m1/s1. The molecule has 3 aromatic rings. The minimum Gasteiger partial charge on any atom is -0.495 e. The molecule has 4 heterocycles. The van der Waals surface area contributed by atoms with E-state index in [1.165, 1.54) is 19.1 Å². The summed E-state index contributed by atoms with van der Waals surface area (Å²) in [5.41, 5.74) is 6.08. The van der Waals surface area contributed by atoms with E-state index in [0.29, 0.717) is 34.9 Å². The number of nitrogen functional groups attached to an aromatic ring is 1. The molecule has 5 N–H and O–H groups in total. The minimum atomic E-state index is -1.80. The monoisotopic (exact) mass is 735 g/mol. The molecule has 0 saturated carbocycles. The van der Waals surface area contributed by atoms with Crippen molar-refractivity contribution in [3.8, 4) is 5.75 Å². The summed E-state index contributed by atoms with van der Waals surface area (Å²) in [5, 5.41) is 17.8. The van der Waals surface area contributed by atoms with Crippen molar-refractivity contribution in [1.29, 1.82) is 0 Å². The zero-order valence-corrected chi connectivity index (χ0v) is 30.2. The number of epoxide rings is 1. The van der Waals surface area contributed by atoms with Gasteiger partial charge < -0.3 is 39.4 Å². The third-order valence-electron chi connectivity index (χ3n) is 9.70. The zero-order valence-electron chi connectivity index (χ0n) is 29.5. The highest BCUT2D eigenvalue weighted by Crippen LogP contribution is 2.47. The van der Waals surface area contributed by atoms with Gasteiger partial charge in [0.2, 0.25) is 5.91 Å². The number of amides is 3. The lowest BCUT2D eigenvalue weighted by Gasteiger charge is -2.40. The van der Waals surface area contributed by atoms with Crippen LogP contribution >= 0.6 is 11.6 Å². The molecule has 52 heavy (non-hydrogen) atoms. The third kappa shape index (κ3) is 7.80. The Morgan fingerprint density at radius 2 is 1.98 bits per heavy atom. The first kappa shape index (κ1) is 36.9. The average molecular weight is 736 g/mol. The van der Waals surface area contributed by atoms with Crippen LogP contribution in [0.3, 0.4) is 0 Å². The number of anilines is 3. The number of allylic oxidation sites excluding steroid dienone is 3. The highest BCUT2D eigenvalue weighted by Gasteiger charge is 2.61. The van der Waals surface area contributed by atoms with E-state index in [1.807, 2.05) is 13.0 Å². The van der Waals surface area contributed by atoms with E-state index in [-0.39, 0.29) is 24.3 Å². The summed E-state index contributed by atoms with van der Waals surface area (Å²) in [7, 11) is 4.51. The van der Waals surface area contributed by atoms with Crippen LogP contribution in [0, 0.1) is 0 Å². The van der Waals surface area contributed by atoms with Gasteiger partial charge in [-0.15, -0.1) is 0 Å². The van der Waals surface area contributed by atoms with E-state index in [4.69, 9.17) is 41.0 Å². The molecule has 0 spiro atoms. The number of nitrogens with one attached hydrogen (secondary N) is 2. The molecule has 0 unspecified atom stereocenters. The maximum absolute atomic E-state index is 14.0. The molecule has 4 bridgehead atoms. The number of carbonyl (C=O) groups excluding carboxylic acids is 3. The molecule has 3 aliphatic rings. The van der Waals surface area contributed by atoms with E-state index in [0.717, 1.165) is 16.5 Å². The molecule has 2 fully saturated rings. The molecule has 2 saturated heterocycles. The van der Waals surface area contributed by atoms with Gasteiger partial charge in [0.25, 0.3) is 0 Å². The Balaban J connectivity index is 1.33. The quantitative estimate of drug-likeness (QED) is 0.256.